The molecule has 0 bridgehead atoms. The van der Waals surface area contributed by atoms with Gasteiger partial charge >= 0.3 is 0 Å². The lowest BCUT2D eigenvalue weighted by molar-refractivity contribution is -0.120. The molecule has 1 amide bonds. The Morgan fingerprint density at radius 1 is 1.00 bits per heavy atom. The number of hydrogen-bond acceptors (Lipinski definition) is 4. The highest BCUT2D eigenvalue weighted by Crippen LogP contribution is 2.23. The summed E-state index contributed by atoms with van der Waals surface area (Å²) in [6.07, 6.45) is 1.60. The van der Waals surface area contributed by atoms with E-state index in [1.807, 2.05) is 0 Å². The molecule has 1 heterocycles. The molecule has 2 N–H and O–H groups in total. The van der Waals surface area contributed by atoms with Crippen LogP contribution in [-0.4, -0.2) is 27.4 Å². The molecular formula is C19H22N2O3S. The summed E-state index contributed by atoms with van der Waals surface area (Å²) in [5.74, 6) is -0.203. The van der Waals surface area contributed by atoms with Gasteiger partial charge in [0.2, 0.25) is 5.91 Å². The Labute approximate surface area is 148 Å². The third-order valence-electron chi connectivity index (χ3n) is 4.43. The van der Waals surface area contributed by atoms with Crippen molar-refractivity contribution < 1.29 is 13.2 Å². The molecule has 0 unspecified atom stereocenters. The minimum atomic E-state index is -3.46. The molecule has 1 fully saturated rings. The van der Waals surface area contributed by atoms with Crippen LogP contribution >= 0.6 is 0 Å². The zero-order chi connectivity index (χ0) is 17.7. The summed E-state index contributed by atoms with van der Waals surface area (Å²) in [6, 6.07) is 15.5. The summed E-state index contributed by atoms with van der Waals surface area (Å²) in [5.41, 5.74) is 1.18. The summed E-state index contributed by atoms with van der Waals surface area (Å²) < 4.78 is 25.2. The normalized spacial score (nSPS) is 15.7. The largest absolute Gasteiger partial charge is 0.326 e. The van der Waals surface area contributed by atoms with E-state index in [1.165, 1.54) is 0 Å². The number of para-hydroxylation sites is 1. The third-order valence-corrected chi connectivity index (χ3v) is 6.11. The van der Waals surface area contributed by atoms with Crippen LogP contribution in [0.15, 0.2) is 59.5 Å². The van der Waals surface area contributed by atoms with Crippen molar-refractivity contribution >= 4 is 21.4 Å². The van der Waals surface area contributed by atoms with Crippen LogP contribution in [0.4, 0.5) is 5.69 Å². The molecule has 0 radical (unpaired) electrons. The fourth-order valence-electron chi connectivity index (χ4n) is 3.00. The van der Waals surface area contributed by atoms with Gasteiger partial charge in [-0.1, -0.05) is 36.4 Å². The number of piperidine rings is 1. The second-order valence-corrected chi connectivity index (χ2v) is 8.23. The first-order valence-corrected chi connectivity index (χ1v) is 10.1. The van der Waals surface area contributed by atoms with Crippen LogP contribution in [0, 0.1) is 5.92 Å². The van der Waals surface area contributed by atoms with Gasteiger partial charge < -0.3 is 10.6 Å². The monoisotopic (exact) mass is 358 g/mol. The van der Waals surface area contributed by atoms with Crippen LogP contribution in [0.3, 0.4) is 0 Å². The Hall–Kier alpha value is -2.18. The summed E-state index contributed by atoms with van der Waals surface area (Å²) in [6.45, 7) is 1.67. The van der Waals surface area contributed by atoms with E-state index in [0.717, 1.165) is 25.9 Å². The molecule has 3 rings (SSSR count). The number of hydrogen-bond donors (Lipinski definition) is 2. The fraction of sp³-hybridized carbons (Fsp3) is 0.316. The van der Waals surface area contributed by atoms with Crippen molar-refractivity contribution in [2.75, 3.05) is 18.4 Å². The molecular weight excluding hydrogens is 336 g/mol. The maximum Gasteiger partial charge on any atom is 0.227 e. The number of amides is 1. The van der Waals surface area contributed by atoms with Crippen LogP contribution < -0.4 is 10.6 Å². The molecule has 0 spiro atoms. The molecule has 2 aromatic carbocycles. The van der Waals surface area contributed by atoms with Gasteiger partial charge in [0.15, 0.2) is 9.84 Å². The maximum atomic E-state index is 12.6. The first-order chi connectivity index (χ1) is 12.1. The van der Waals surface area contributed by atoms with Crippen molar-refractivity contribution in [3.05, 3.63) is 60.2 Å². The number of sulfone groups is 1. The molecule has 0 aliphatic carbocycles. The Morgan fingerprint density at radius 3 is 2.36 bits per heavy atom. The summed E-state index contributed by atoms with van der Waals surface area (Å²) in [5, 5.41) is 6.16. The van der Waals surface area contributed by atoms with E-state index in [-0.39, 0.29) is 22.5 Å². The van der Waals surface area contributed by atoms with Gasteiger partial charge in [0, 0.05) is 11.6 Å². The Bertz CT molecular complexity index is 829. The number of rotatable bonds is 5. The summed E-state index contributed by atoms with van der Waals surface area (Å²) in [7, 11) is -3.46. The zero-order valence-corrected chi connectivity index (χ0v) is 14.8. The van der Waals surface area contributed by atoms with Gasteiger partial charge in [-0.3, -0.25) is 4.79 Å². The quantitative estimate of drug-likeness (QED) is 0.861. The molecule has 25 heavy (non-hydrogen) atoms. The van der Waals surface area contributed by atoms with Crippen molar-refractivity contribution in [1.82, 2.24) is 5.32 Å². The van der Waals surface area contributed by atoms with Crippen LogP contribution in [0.25, 0.3) is 0 Å². The lowest BCUT2D eigenvalue weighted by atomic mass is 9.97. The lowest BCUT2D eigenvalue weighted by Crippen LogP contribution is -2.34. The molecule has 132 valence electrons. The molecule has 1 saturated heterocycles. The minimum Gasteiger partial charge on any atom is -0.326 e. The van der Waals surface area contributed by atoms with Gasteiger partial charge in [-0.15, -0.1) is 0 Å². The van der Waals surface area contributed by atoms with Crippen molar-refractivity contribution in [2.24, 2.45) is 5.92 Å². The van der Waals surface area contributed by atoms with E-state index in [9.17, 15) is 13.2 Å². The molecule has 1 aliphatic heterocycles. The van der Waals surface area contributed by atoms with E-state index < -0.39 is 9.84 Å². The lowest BCUT2D eigenvalue weighted by Gasteiger charge is -2.22. The Morgan fingerprint density at radius 2 is 1.64 bits per heavy atom. The van der Waals surface area contributed by atoms with Crippen LogP contribution in [-0.2, 0) is 20.4 Å². The number of carbonyl (C=O) groups is 1. The number of anilines is 1. The molecule has 0 aromatic heterocycles. The number of carbonyl (C=O) groups excluding carboxylic acids is 1. The highest BCUT2D eigenvalue weighted by molar-refractivity contribution is 7.90. The van der Waals surface area contributed by atoms with Crippen molar-refractivity contribution in [2.45, 2.75) is 23.5 Å². The van der Waals surface area contributed by atoms with E-state index in [1.54, 1.807) is 54.6 Å². The van der Waals surface area contributed by atoms with E-state index >= 15 is 0 Å². The van der Waals surface area contributed by atoms with Gasteiger partial charge in [-0.25, -0.2) is 8.42 Å². The van der Waals surface area contributed by atoms with Crippen molar-refractivity contribution in [3.63, 3.8) is 0 Å². The molecule has 0 atom stereocenters. The number of benzene rings is 2. The predicted molar refractivity (Wildman–Crippen MR) is 98.0 cm³/mol. The Balaban J connectivity index is 1.78. The van der Waals surface area contributed by atoms with Crippen LogP contribution in [0.5, 0.6) is 0 Å². The van der Waals surface area contributed by atoms with Crippen molar-refractivity contribution in [1.29, 1.82) is 0 Å². The Kier molecular flexibility index (Phi) is 5.50. The maximum absolute atomic E-state index is 12.6. The van der Waals surface area contributed by atoms with Gasteiger partial charge in [0.25, 0.3) is 0 Å². The average Bonchev–Trinajstić information content (AvgIpc) is 2.64. The van der Waals surface area contributed by atoms with Gasteiger partial charge in [-0.05, 0) is 49.7 Å². The van der Waals surface area contributed by atoms with E-state index in [2.05, 4.69) is 10.6 Å². The topological polar surface area (TPSA) is 75.3 Å². The van der Waals surface area contributed by atoms with Gasteiger partial charge in [0.1, 0.15) is 0 Å². The van der Waals surface area contributed by atoms with Crippen LogP contribution in [0.2, 0.25) is 0 Å². The molecule has 2 aromatic rings. The van der Waals surface area contributed by atoms with E-state index in [4.69, 9.17) is 0 Å². The average molecular weight is 358 g/mol. The second kappa shape index (κ2) is 7.80. The molecule has 6 heteroatoms. The SMILES string of the molecule is O=C(Nc1ccccc1CS(=O)(=O)c1ccccc1)C1CCNCC1. The molecule has 1 aliphatic rings. The highest BCUT2D eigenvalue weighted by Gasteiger charge is 2.23. The number of nitrogens with one attached hydrogen (secondary N) is 2. The fourth-order valence-corrected chi connectivity index (χ4v) is 4.40. The third kappa shape index (κ3) is 4.46. The molecule has 5 nitrogen and oxygen atoms in total. The minimum absolute atomic E-state index is 0.0277. The zero-order valence-electron chi connectivity index (χ0n) is 13.9. The highest BCUT2D eigenvalue weighted by atomic mass is 32.2. The summed E-state index contributed by atoms with van der Waals surface area (Å²) in [4.78, 5) is 12.8. The second-order valence-electron chi connectivity index (χ2n) is 6.24. The first-order valence-electron chi connectivity index (χ1n) is 8.43. The first kappa shape index (κ1) is 17.6. The van der Waals surface area contributed by atoms with Crippen molar-refractivity contribution in [3.8, 4) is 0 Å². The summed E-state index contributed by atoms with van der Waals surface area (Å²) >= 11 is 0. The van der Waals surface area contributed by atoms with E-state index in [0.29, 0.717) is 11.3 Å². The standard InChI is InChI=1S/C19H22N2O3S/c22-19(15-10-12-20-13-11-15)21-18-9-5-4-6-16(18)14-25(23,24)17-7-2-1-3-8-17/h1-9,15,20H,10-14H2,(H,21,22). The van der Waals surface area contributed by atoms with Gasteiger partial charge in [-0.2, -0.15) is 0 Å². The smallest absolute Gasteiger partial charge is 0.227 e. The molecule has 0 saturated carbocycles. The predicted octanol–water partition coefficient (Wildman–Crippen LogP) is 2.60. The van der Waals surface area contributed by atoms with Crippen LogP contribution in [0.1, 0.15) is 18.4 Å². The van der Waals surface area contributed by atoms with Gasteiger partial charge in [0.05, 0.1) is 10.6 Å².